The molecule has 3 aromatic rings. The maximum absolute atomic E-state index is 12.5. The molecule has 0 bridgehead atoms. The fourth-order valence-electron chi connectivity index (χ4n) is 3.71. The lowest BCUT2D eigenvalue weighted by Crippen LogP contribution is -2.49. The van der Waals surface area contributed by atoms with Gasteiger partial charge in [0, 0.05) is 45.0 Å². The first-order valence-corrected chi connectivity index (χ1v) is 9.84. The van der Waals surface area contributed by atoms with Gasteiger partial charge in [0.2, 0.25) is 5.91 Å². The third-order valence-corrected chi connectivity index (χ3v) is 5.23. The maximum Gasteiger partial charge on any atom is 0.238 e. The van der Waals surface area contributed by atoms with Crippen molar-refractivity contribution >= 4 is 28.6 Å². The Balaban J connectivity index is 1.17. The molecule has 0 unspecified atom stereocenters. The van der Waals surface area contributed by atoms with Crippen LogP contribution in [-0.2, 0) is 11.8 Å². The number of hydrogen-bond donors (Lipinski definition) is 1. The van der Waals surface area contributed by atoms with Crippen molar-refractivity contribution in [2.24, 2.45) is 7.05 Å². The lowest BCUT2D eigenvalue weighted by molar-refractivity contribution is -0.117. The van der Waals surface area contributed by atoms with E-state index in [1.165, 1.54) is 6.33 Å². The number of carbonyl (C=O) groups excluding carboxylic acids is 1. The molecular weight excluding hydrogens is 388 g/mol. The van der Waals surface area contributed by atoms with Crippen molar-refractivity contribution in [2.75, 3.05) is 56.2 Å². The Hall–Kier alpha value is -3.47. The zero-order valence-electron chi connectivity index (χ0n) is 16.6. The molecule has 156 valence electrons. The van der Waals surface area contributed by atoms with E-state index in [-0.39, 0.29) is 5.91 Å². The highest BCUT2D eigenvalue weighted by Crippen LogP contribution is 2.32. The summed E-state index contributed by atoms with van der Waals surface area (Å²) in [5.41, 5.74) is 2.11. The van der Waals surface area contributed by atoms with E-state index in [4.69, 9.17) is 9.47 Å². The number of aryl methyl sites for hydroxylation is 1. The number of anilines is 2. The van der Waals surface area contributed by atoms with Crippen molar-refractivity contribution < 1.29 is 14.3 Å². The average Bonchev–Trinajstić information content (AvgIpc) is 3.15. The molecule has 4 heterocycles. The molecule has 1 aromatic carbocycles. The molecule has 2 aliphatic rings. The molecular formula is C19H22N8O3. The second-order valence-corrected chi connectivity index (χ2v) is 7.25. The van der Waals surface area contributed by atoms with Crippen LogP contribution >= 0.6 is 0 Å². The summed E-state index contributed by atoms with van der Waals surface area (Å²) in [4.78, 5) is 25.4. The van der Waals surface area contributed by atoms with Gasteiger partial charge in [-0.2, -0.15) is 0 Å². The first-order chi connectivity index (χ1) is 14.7. The minimum Gasteiger partial charge on any atom is -0.486 e. The molecule has 0 atom stereocenters. The Bertz CT molecular complexity index is 1080. The third-order valence-electron chi connectivity index (χ3n) is 5.23. The van der Waals surface area contributed by atoms with Gasteiger partial charge in [-0.25, -0.2) is 14.6 Å². The van der Waals surface area contributed by atoms with Gasteiger partial charge in [0.1, 0.15) is 19.5 Å². The maximum atomic E-state index is 12.5. The van der Waals surface area contributed by atoms with E-state index in [9.17, 15) is 4.79 Å². The lowest BCUT2D eigenvalue weighted by Gasteiger charge is -2.34. The third kappa shape index (κ3) is 3.59. The number of nitrogens with zero attached hydrogens (tertiary/aromatic N) is 7. The quantitative estimate of drug-likeness (QED) is 0.649. The van der Waals surface area contributed by atoms with Gasteiger partial charge in [-0.15, -0.1) is 5.10 Å². The topological polar surface area (TPSA) is 111 Å². The summed E-state index contributed by atoms with van der Waals surface area (Å²) in [7, 11) is 1.81. The number of rotatable bonds is 4. The average molecular weight is 410 g/mol. The highest BCUT2D eigenvalue weighted by Gasteiger charge is 2.23. The zero-order valence-corrected chi connectivity index (χ0v) is 16.6. The van der Waals surface area contributed by atoms with Crippen LogP contribution in [0.2, 0.25) is 0 Å². The molecule has 0 saturated carbocycles. The van der Waals surface area contributed by atoms with Crippen molar-refractivity contribution in [3.63, 3.8) is 0 Å². The van der Waals surface area contributed by atoms with Crippen LogP contribution in [-0.4, -0.2) is 81.7 Å². The van der Waals surface area contributed by atoms with Crippen molar-refractivity contribution in [3.05, 3.63) is 24.5 Å². The van der Waals surface area contributed by atoms with E-state index in [0.717, 1.165) is 32.0 Å². The monoisotopic (exact) mass is 410 g/mol. The minimum absolute atomic E-state index is 0.0570. The molecule has 2 aromatic heterocycles. The van der Waals surface area contributed by atoms with Gasteiger partial charge in [-0.3, -0.25) is 9.69 Å². The van der Waals surface area contributed by atoms with Crippen LogP contribution in [0.3, 0.4) is 0 Å². The van der Waals surface area contributed by atoms with E-state index >= 15 is 0 Å². The zero-order chi connectivity index (χ0) is 20.5. The van der Waals surface area contributed by atoms with Crippen LogP contribution in [0.4, 0.5) is 11.5 Å². The fourth-order valence-corrected chi connectivity index (χ4v) is 3.71. The number of piperazine rings is 1. The molecule has 1 N–H and O–H groups in total. The fraction of sp³-hybridized carbons (Fsp3) is 0.421. The van der Waals surface area contributed by atoms with Crippen LogP contribution in [0.1, 0.15) is 0 Å². The van der Waals surface area contributed by atoms with Crippen molar-refractivity contribution in [3.8, 4) is 11.5 Å². The molecule has 11 heteroatoms. The number of hydrogen-bond acceptors (Lipinski definition) is 9. The number of carbonyl (C=O) groups is 1. The van der Waals surface area contributed by atoms with Crippen LogP contribution in [0.15, 0.2) is 24.5 Å². The lowest BCUT2D eigenvalue weighted by atomic mass is 10.2. The first-order valence-electron chi connectivity index (χ1n) is 9.84. The number of aromatic nitrogens is 5. The Morgan fingerprint density at radius 1 is 1.10 bits per heavy atom. The summed E-state index contributed by atoms with van der Waals surface area (Å²) in [5, 5.41) is 11.2. The van der Waals surface area contributed by atoms with Crippen molar-refractivity contribution in [1.82, 2.24) is 29.9 Å². The number of fused-ring (bicyclic) bond motifs is 2. The molecule has 30 heavy (non-hydrogen) atoms. The van der Waals surface area contributed by atoms with Gasteiger partial charge >= 0.3 is 0 Å². The highest BCUT2D eigenvalue weighted by atomic mass is 16.6. The Labute approximate surface area is 172 Å². The van der Waals surface area contributed by atoms with Gasteiger partial charge in [0.15, 0.2) is 28.5 Å². The smallest absolute Gasteiger partial charge is 0.238 e. The predicted octanol–water partition coefficient (Wildman–Crippen LogP) is 0.290. The molecule has 0 spiro atoms. The van der Waals surface area contributed by atoms with E-state index in [2.05, 4.69) is 35.4 Å². The molecule has 1 fully saturated rings. The largest absolute Gasteiger partial charge is 0.486 e. The second-order valence-electron chi connectivity index (χ2n) is 7.25. The van der Waals surface area contributed by atoms with Crippen LogP contribution in [0, 0.1) is 0 Å². The minimum atomic E-state index is -0.0570. The van der Waals surface area contributed by atoms with Gasteiger partial charge in [0.25, 0.3) is 0 Å². The van der Waals surface area contributed by atoms with Crippen molar-refractivity contribution in [1.29, 1.82) is 0 Å². The van der Waals surface area contributed by atoms with E-state index < -0.39 is 0 Å². The number of benzene rings is 1. The van der Waals surface area contributed by atoms with Crippen LogP contribution in [0.5, 0.6) is 11.5 Å². The number of ether oxygens (including phenoxy) is 2. The molecule has 0 radical (unpaired) electrons. The summed E-state index contributed by atoms with van der Waals surface area (Å²) in [6, 6.07) is 5.44. The molecule has 5 rings (SSSR count). The molecule has 0 aliphatic carbocycles. The van der Waals surface area contributed by atoms with Crippen LogP contribution in [0.25, 0.3) is 11.2 Å². The van der Waals surface area contributed by atoms with E-state index in [1.807, 2.05) is 19.2 Å². The number of amides is 1. The van der Waals surface area contributed by atoms with Gasteiger partial charge in [0.05, 0.1) is 6.54 Å². The molecule has 2 aliphatic heterocycles. The molecule has 1 amide bonds. The Morgan fingerprint density at radius 2 is 1.90 bits per heavy atom. The predicted molar refractivity (Wildman–Crippen MR) is 109 cm³/mol. The second kappa shape index (κ2) is 7.75. The molecule has 1 saturated heterocycles. The normalized spacial score (nSPS) is 16.6. The van der Waals surface area contributed by atoms with Crippen LogP contribution < -0.4 is 19.7 Å². The summed E-state index contributed by atoms with van der Waals surface area (Å²) >= 11 is 0. The molecule has 11 nitrogen and oxygen atoms in total. The van der Waals surface area contributed by atoms with E-state index in [1.54, 1.807) is 10.7 Å². The van der Waals surface area contributed by atoms with Gasteiger partial charge < -0.3 is 19.7 Å². The highest BCUT2D eigenvalue weighted by molar-refractivity contribution is 5.92. The summed E-state index contributed by atoms with van der Waals surface area (Å²) < 4.78 is 12.7. The van der Waals surface area contributed by atoms with Gasteiger partial charge in [-0.1, -0.05) is 5.21 Å². The standard InChI is InChI=1S/C19H22N8O3/c1-25-18-17(23-24-25)19(21-12-20-18)27-6-4-26(5-7-27)11-16(28)22-13-2-3-14-15(10-13)30-9-8-29-14/h2-3,10,12H,4-9,11H2,1H3,(H,22,28). The summed E-state index contributed by atoms with van der Waals surface area (Å²) in [5.74, 6) is 2.09. The Kier molecular flexibility index (Phi) is 4.79. The summed E-state index contributed by atoms with van der Waals surface area (Å²) in [6.07, 6.45) is 1.54. The number of nitrogens with one attached hydrogen (secondary N) is 1. The summed E-state index contributed by atoms with van der Waals surface area (Å²) in [6.45, 7) is 4.39. The van der Waals surface area contributed by atoms with E-state index in [0.29, 0.717) is 48.1 Å². The van der Waals surface area contributed by atoms with Crippen molar-refractivity contribution in [2.45, 2.75) is 0 Å². The first kappa shape index (κ1) is 18.6. The SMILES string of the molecule is Cn1nnc2c(N3CCN(CC(=O)Nc4ccc5c(c4)OCCO5)CC3)ncnc21. The Morgan fingerprint density at radius 3 is 2.73 bits per heavy atom. The van der Waals surface area contributed by atoms with Gasteiger partial charge in [-0.05, 0) is 12.1 Å².